The number of halogens is 1. The number of para-hydroxylation sites is 1. The summed E-state index contributed by atoms with van der Waals surface area (Å²) in [6, 6.07) is 19.0. The van der Waals surface area contributed by atoms with Crippen LogP contribution in [0.3, 0.4) is 0 Å². The first-order valence-electron chi connectivity index (χ1n) is 10.4. The summed E-state index contributed by atoms with van der Waals surface area (Å²) in [5.41, 5.74) is 4.04. The van der Waals surface area contributed by atoms with Crippen LogP contribution in [0.15, 0.2) is 76.7 Å². The monoisotopic (exact) mass is 445 g/mol. The summed E-state index contributed by atoms with van der Waals surface area (Å²) in [5, 5.41) is 3.51. The van der Waals surface area contributed by atoms with Crippen LogP contribution in [-0.2, 0) is 17.6 Å². The molecule has 5 nitrogen and oxygen atoms in total. The number of nitrogens with zero attached hydrogens (tertiary/aromatic N) is 2. The van der Waals surface area contributed by atoms with Crippen molar-refractivity contribution >= 4 is 34.3 Å². The van der Waals surface area contributed by atoms with Gasteiger partial charge < -0.3 is 5.32 Å². The smallest absolute Gasteiger partial charge is 0.266 e. The summed E-state index contributed by atoms with van der Waals surface area (Å²) in [7, 11) is 0. The minimum absolute atomic E-state index is 0.0864. The second kappa shape index (κ2) is 8.59. The lowest BCUT2D eigenvalue weighted by molar-refractivity contribution is -0.113. The van der Waals surface area contributed by atoms with Gasteiger partial charge in [0.1, 0.15) is 5.82 Å². The first-order valence-corrected chi connectivity index (χ1v) is 11.4. The minimum Gasteiger partial charge on any atom is -0.325 e. The molecule has 1 aliphatic rings. The Hall–Kier alpha value is -3.45. The highest BCUT2D eigenvalue weighted by Gasteiger charge is 2.16. The maximum Gasteiger partial charge on any atom is 0.266 e. The summed E-state index contributed by atoms with van der Waals surface area (Å²) >= 11 is 1.17. The zero-order valence-electron chi connectivity index (χ0n) is 17.2. The molecule has 0 atom stereocenters. The first kappa shape index (κ1) is 20.5. The average molecular weight is 446 g/mol. The third kappa shape index (κ3) is 4.03. The van der Waals surface area contributed by atoms with Gasteiger partial charge in [0.15, 0.2) is 5.16 Å². The second-order valence-corrected chi connectivity index (χ2v) is 8.65. The van der Waals surface area contributed by atoms with Gasteiger partial charge in [0, 0.05) is 5.69 Å². The number of carbonyl (C=O) groups is 1. The molecule has 160 valence electrons. The van der Waals surface area contributed by atoms with Crippen molar-refractivity contribution in [2.24, 2.45) is 0 Å². The van der Waals surface area contributed by atoms with Crippen molar-refractivity contribution in [3.05, 3.63) is 94.0 Å². The van der Waals surface area contributed by atoms with Crippen LogP contribution >= 0.6 is 11.8 Å². The lowest BCUT2D eigenvalue weighted by atomic mass is 10.1. The largest absolute Gasteiger partial charge is 0.325 e. The van der Waals surface area contributed by atoms with Crippen molar-refractivity contribution < 1.29 is 9.18 Å². The van der Waals surface area contributed by atoms with Crippen LogP contribution in [-0.4, -0.2) is 21.2 Å². The fraction of sp³-hybridized carbons (Fsp3) is 0.160. The molecular formula is C25H20FN3O2S. The van der Waals surface area contributed by atoms with Crippen molar-refractivity contribution in [1.82, 2.24) is 9.55 Å². The number of aromatic nitrogens is 2. The van der Waals surface area contributed by atoms with E-state index in [0.717, 1.165) is 24.9 Å². The molecule has 1 amide bonds. The molecule has 0 saturated carbocycles. The SMILES string of the molecule is O=C(CSc1nc2ccc(F)cc2c(=O)n1-c1ccccc1)Nc1ccc2c(c1)CCC2. The Morgan fingerprint density at radius 3 is 2.69 bits per heavy atom. The van der Waals surface area contributed by atoms with Gasteiger partial charge in [-0.3, -0.25) is 14.2 Å². The van der Waals surface area contributed by atoms with Crippen molar-refractivity contribution in [3.63, 3.8) is 0 Å². The molecule has 5 rings (SSSR count). The number of aryl methyl sites for hydroxylation is 2. The second-order valence-electron chi connectivity index (χ2n) is 7.71. The number of thioether (sulfide) groups is 1. The average Bonchev–Trinajstić information content (AvgIpc) is 3.27. The molecule has 32 heavy (non-hydrogen) atoms. The fourth-order valence-corrected chi connectivity index (χ4v) is 4.83. The Balaban J connectivity index is 1.43. The molecule has 1 heterocycles. The standard InChI is InChI=1S/C25H20FN3O2S/c26-18-10-12-22-21(14-18)24(31)29(20-7-2-1-3-8-20)25(28-22)32-15-23(30)27-19-11-9-16-5-4-6-17(16)13-19/h1-3,7-14H,4-6,15H2,(H,27,30). The van der Waals surface area contributed by atoms with Gasteiger partial charge in [-0.15, -0.1) is 0 Å². The molecule has 0 fully saturated rings. The van der Waals surface area contributed by atoms with E-state index in [1.807, 2.05) is 30.3 Å². The van der Waals surface area contributed by atoms with Gasteiger partial charge in [0.25, 0.3) is 5.56 Å². The number of rotatable bonds is 5. The maximum absolute atomic E-state index is 13.8. The van der Waals surface area contributed by atoms with Gasteiger partial charge in [-0.1, -0.05) is 36.0 Å². The Kier molecular flexibility index (Phi) is 5.49. The molecule has 1 aliphatic carbocycles. The molecule has 7 heteroatoms. The molecule has 0 spiro atoms. The van der Waals surface area contributed by atoms with Gasteiger partial charge in [0.05, 0.1) is 22.3 Å². The first-order chi connectivity index (χ1) is 15.6. The summed E-state index contributed by atoms with van der Waals surface area (Å²) in [5.74, 6) is -0.588. The van der Waals surface area contributed by atoms with Gasteiger partial charge in [-0.25, -0.2) is 9.37 Å². The molecule has 0 bridgehead atoms. The molecule has 0 unspecified atom stereocenters. The Morgan fingerprint density at radius 2 is 1.84 bits per heavy atom. The number of carbonyl (C=O) groups excluding carboxylic acids is 1. The molecule has 0 aliphatic heterocycles. The summed E-state index contributed by atoms with van der Waals surface area (Å²) < 4.78 is 15.2. The van der Waals surface area contributed by atoms with E-state index in [4.69, 9.17) is 0 Å². The zero-order valence-corrected chi connectivity index (χ0v) is 18.0. The lowest BCUT2D eigenvalue weighted by Crippen LogP contribution is -2.23. The highest BCUT2D eigenvalue weighted by Crippen LogP contribution is 2.26. The molecule has 0 saturated heterocycles. The predicted molar refractivity (Wildman–Crippen MR) is 125 cm³/mol. The van der Waals surface area contributed by atoms with E-state index in [1.165, 1.54) is 45.7 Å². The van der Waals surface area contributed by atoms with Crippen molar-refractivity contribution in [2.45, 2.75) is 24.4 Å². The third-order valence-electron chi connectivity index (χ3n) is 5.53. The van der Waals surface area contributed by atoms with E-state index in [9.17, 15) is 14.0 Å². The highest BCUT2D eigenvalue weighted by atomic mass is 32.2. The number of hydrogen-bond donors (Lipinski definition) is 1. The molecular weight excluding hydrogens is 425 g/mol. The molecule has 3 aromatic carbocycles. The minimum atomic E-state index is -0.495. The molecule has 4 aromatic rings. The summed E-state index contributed by atoms with van der Waals surface area (Å²) in [6.45, 7) is 0. The zero-order chi connectivity index (χ0) is 22.1. The van der Waals surface area contributed by atoms with Crippen LogP contribution in [0.2, 0.25) is 0 Å². The predicted octanol–water partition coefficient (Wildman–Crippen LogP) is 4.74. The van der Waals surface area contributed by atoms with E-state index in [1.54, 1.807) is 12.1 Å². The van der Waals surface area contributed by atoms with Crippen molar-refractivity contribution in [3.8, 4) is 5.69 Å². The van der Waals surface area contributed by atoms with Crippen LogP contribution in [0.25, 0.3) is 16.6 Å². The normalized spacial score (nSPS) is 12.7. The van der Waals surface area contributed by atoms with Crippen LogP contribution in [0, 0.1) is 5.82 Å². The number of benzene rings is 3. The van der Waals surface area contributed by atoms with E-state index in [2.05, 4.69) is 16.4 Å². The summed E-state index contributed by atoms with van der Waals surface area (Å²) in [4.78, 5) is 30.4. The maximum atomic E-state index is 13.8. The van der Waals surface area contributed by atoms with E-state index in [0.29, 0.717) is 16.4 Å². The van der Waals surface area contributed by atoms with E-state index < -0.39 is 5.82 Å². The number of hydrogen-bond acceptors (Lipinski definition) is 4. The van der Waals surface area contributed by atoms with E-state index in [-0.39, 0.29) is 22.6 Å². The van der Waals surface area contributed by atoms with Crippen LogP contribution in [0.4, 0.5) is 10.1 Å². The molecule has 1 N–H and O–H groups in total. The van der Waals surface area contributed by atoms with Crippen molar-refractivity contribution in [2.75, 3.05) is 11.1 Å². The van der Waals surface area contributed by atoms with Crippen LogP contribution in [0.5, 0.6) is 0 Å². The van der Waals surface area contributed by atoms with Crippen molar-refractivity contribution in [1.29, 1.82) is 0 Å². The number of amides is 1. The van der Waals surface area contributed by atoms with E-state index >= 15 is 0 Å². The Morgan fingerprint density at radius 1 is 1.03 bits per heavy atom. The molecule has 1 aromatic heterocycles. The van der Waals surface area contributed by atoms with Gasteiger partial charge in [-0.2, -0.15) is 0 Å². The van der Waals surface area contributed by atoms with Gasteiger partial charge in [-0.05, 0) is 72.9 Å². The van der Waals surface area contributed by atoms with Crippen LogP contribution < -0.4 is 10.9 Å². The number of anilines is 1. The lowest BCUT2D eigenvalue weighted by Gasteiger charge is -2.13. The highest BCUT2D eigenvalue weighted by molar-refractivity contribution is 7.99. The quantitative estimate of drug-likeness (QED) is 0.356. The Labute approximate surface area is 188 Å². The Bertz CT molecular complexity index is 1390. The van der Waals surface area contributed by atoms with Crippen LogP contribution in [0.1, 0.15) is 17.5 Å². The summed E-state index contributed by atoms with van der Waals surface area (Å²) in [6.07, 6.45) is 3.28. The molecule has 0 radical (unpaired) electrons. The third-order valence-corrected chi connectivity index (χ3v) is 6.47. The van der Waals surface area contributed by atoms with Gasteiger partial charge >= 0.3 is 0 Å². The number of nitrogens with one attached hydrogen (secondary N) is 1. The number of fused-ring (bicyclic) bond motifs is 2. The topological polar surface area (TPSA) is 64.0 Å². The van der Waals surface area contributed by atoms with Gasteiger partial charge in [0.2, 0.25) is 5.91 Å². The fourth-order valence-electron chi connectivity index (χ4n) is 4.02.